The first kappa shape index (κ1) is 18.8. The summed E-state index contributed by atoms with van der Waals surface area (Å²) in [7, 11) is 0. The van der Waals surface area contributed by atoms with E-state index >= 15 is 0 Å². The lowest BCUT2D eigenvalue weighted by molar-refractivity contribution is -0.129. The fourth-order valence-electron chi connectivity index (χ4n) is 3.89. The molecule has 4 rings (SSSR count). The van der Waals surface area contributed by atoms with Crippen LogP contribution in [0.25, 0.3) is 5.69 Å². The van der Waals surface area contributed by atoms with E-state index in [9.17, 15) is 4.79 Å². The van der Waals surface area contributed by atoms with E-state index in [2.05, 4.69) is 57.8 Å². The molecule has 0 radical (unpaired) electrons. The molecule has 1 aromatic heterocycles. The van der Waals surface area contributed by atoms with Crippen LogP contribution in [0, 0.1) is 6.92 Å². The van der Waals surface area contributed by atoms with Crippen molar-refractivity contribution in [2.75, 3.05) is 12.3 Å². The van der Waals surface area contributed by atoms with Crippen LogP contribution in [0.1, 0.15) is 24.0 Å². The minimum atomic E-state index is 0.211. The number of amides is 1. The van der Waals surface area contributed by atoms with Gasteiger partial charge in [-0.1, -0.05) is 60.3 Å². The molecule has 0 saturated carbocycles. The molecule has 1 aliphatic rings. The van der Waals surface area contributed by atoms with Gasteiger partial charge in [0.25, 0.3) is 0 Å². The standard InChI is InChI=1S/C23H25N3OS/c1-18-8-5-6-12-21(18)26-15-13-24-23(26)28-17-22(27)25-14-7-11-20(25)16-19-9-3-2-4-10-19/h2-6,8-10,12-13,15,20H,7,11,14,16-17H2,1H3. The minimum absolute atomic E-state index is 0.211. The second-order valence-electron chi connectivity index (χ2n) is 7.23. The van der Waals surface area contributed by atoms with E-state index in [1.807, 2.05) is 24.4 Å². The summed E-state index contributed by atoms with van der Waals surface area (Å²) < 4.78 is 2.07. The molecule has 3 aromatic rings. The van der Waals surface area contributed by atoms with Crippen LogP contribution in [0.4, 0.5) is 0 Å². The van der Waals surface area contributed by atoms with Gasteiger partial charge >= 0.3 is 0 Å². The van der Waals surface area contributed by atoms with Gasteiger partial charge in [-0.2, -0.15) is 0 Å². The molecule has 1 unspecified atom stereocenters. The van der Waals surface area contributed by atoms with Gasteiger partial charge in [-0.15, -0.1) is 0 Å². The molecule has 4 nitrogen and oxygen atoms in total. The molecule has 1 aliphatic heterocycles. The van der Waals surface area contributed by atoms with Crippen LogP contribution in [-0.4, -0.2) is 38.7 Å². The molecule has 1 atom stereocenters. The predicted octanol–water partition coefficient (Wildman–Crippen LogP) is 4.51. The van der Waals surface area contributed by atoms with Crippen LogP contribution in [0.15, 0.2) is 72.1 Å². The van der Waals surface area contributed by atoms with Gasteiger partial charge in [-0.05, 0) is 43.4 Å². The van der Waals surface area contributed by atoms with Crippen molar-refractivity contribution in [2.45, 2.75) is 37.4 Å². The number of rotatable bonds is 6. The average molecular weight is 392 g/mol. The van der Waals surface area contributed by atoms with Crippen LogP contribution in [0.2, 0.25) is 0 Å². The molecular weight excluding hydrogens is 366 g/mol. The van der Waals surface area contributed by atoms with Crippen LogP contribution >= 0.6 is 11.8 Å². The maximum atomic E-state index is 12.9. The summed E-state index contributed by atoms with van der Waals surface area (Å²) in [5, 5.41) is 0.862. The largest absolute Gasteiger partial charge is 0.339 e. The quantitative estimate of drug-likeness (QED) is 0.581. The van der Waals surface area contributed by atoms with Crippen molar-refractivity contribution in [1.82, 2.24) is 14.5 Å². The van der Waals surface area contributed by atoms with Crippen LogP contribution in [-0.2, 0) is 11.2 Å². The Kier molecular flexibility index (Phi) is 5.81. The van der Waals surface area contributed by atoms with Crippen molar-refractivity contribution in [3.63, 3.8) is 0 Å². The second-order valence-corrected chi connectivity index (χ2v) is 8.17. The van der Waals surface area contributed by atoms with Gasteiger partial charge in [-0.3, -0.25) is 9.36 Å². The highest BCUT2D eigenvalue weighted by Gasteiger charge is 2.28. The number of nitrogens with zero attached hydrogens (tertiary/aromatic N) is 3. The highest BCUT2D eigenvalue weighted by atomic mass is 32.2. The minimum Gasteiger partial charge on any atom is -0.339 e. The van der Waals surface area contributed by atoms with Gasteiger partial charge in [0.2, 0.25) is 5.91 Å². The molecule has 1 saturated heterocycles. The Labute approximate surface area is 170 Å². The molecule has 0 aliphatic carbocycles. The van der Waals surface area contributed by atoms with Crippen molar-refractivity contribution in [3.05, 3.63) is 78.1 Å². The van der Waals surface area contributed by atoms with Crippen LogP contribution in [0.5, 0.6) is 0 Å². The van der Waals surface area contributed by atoms with Crippen molar-refractivity contribution in [3.8, 4) is 5.69 Å². The molecule has 1 amide bonds. The van der Waals surface area contributed by atoms with Crippen molar-refractivity contribution in [2.24, 2.45) is 0 Å². The fraction of sp³-hybridized carbons (Fsp3) is 0.304. The number of carbonyl (C=O) groups excluding carboxylic acids is 1. The van der Waals surface area contributed by atoms with E-state index in [1.165, 1.54) is 22.9 Å². The number of para-hydroxylation sites is 1. The number of hydrogen-bond donors (Lipinski definition) is 0. The maximum absolute atomic E-state index is 12.9. The van der Waals surface area contributed by atoms with Gasteiger partial charge in [0, 0.05) is 25.0 Å². The number of aryl methyl sites for hydroxylation is 1. The maximum Gasteiger partial charge on any atom is 0.233 e. The van der Waals surface area contributed by atoms with Crippen molar-refractivity contribution >= 4 is 17.7 Å². The zero-order valence-electron chi connectivity index (χ0n) is 16.1. The highest BCUT2D eigenvalue weighted by molar-refractivity contribution is 7.99. The molecule has 2 aromatic carbocycles. The summed E-state index contributed by atoms with van der Waals surface area (Å²) in [6.07, 6.45) is 6.88. The molecule has 1 fully saturated rings. The summed E-state index contributed by atoms with van der Waals surface area (Å²) in [5.74, 6) is 0.636. The number of hydrogen-bond acceptors (Lipinski definition) is 3. The zero-order chi connectivity index (χ0) is 19.3. The number of benzene rings is 2. The number of carbonyl (C=O) groups is 1. The summed E-state index contributed by atoms with van der Waals surface area (Å²) in [4.78, 5) is 19.5. The SMILES string of the molecule is Cc1ccccc1-n1ccnc1SCC(=O)N1CCCC1Cc1ccccc1. The van der Waals surface area contributed by atoms with E-state index in [4.69, 9.17) is 0 Å². The monoisotopic (exact) mass is 391 g/mol. The number of thioether (sulfide) groups is 1. The first-order valence-electron chi connectivity index (χ1n) is 9.78. The lowest BCUT2D eigenvalue weighted by Crippen LogP contribution is -2.38. The van der Waals surface area contributed by atoms with Crippen molar-refractivity contribution in [1.29, 1.82) is 0 Å². The molecular formula is C23H25N3OS. The molecule has 5 heteroatoms. The zero-order valence-corrected chi connectivity index (χ0v) is 16.9. The fourth-order valence-corrected chi connectivity index (χ4v) is 4.74. The molecule has 144 valence electrons. The number of aromatic nitrogens is 2. The number of imidazole rings is 1. The van der Waals surface area contributed by atoms with Crippen LogP contribution in [0.3, 0.4) is 0 Å². The lowest BCUT2D eigenvalue weighted by atomic mass is 10.0. The molecule has 0 N–H and O–H groups in total. The Bertz CT molecular complexity index is 938. The molecule has 0 spiro atoms. The van der Waals surface area contributed by atoms with Gasteiger partial charge in [0.05, 0.1) is 11.4 Å². The third-order valence-corrected chi connectivity index (χ3v) is 6.27. The highest BCUT2D eigenvalue weighted by Crippen LogP contribution is 2.26. The Hall–Kier alpha value is -2.53. The van der Waals surface area contributed by atoms with E-state index in [1.54, 1.807) is 6.20 Å². The van der Waals surface area contributed by atoms with Gasteiger partial charge < -0.3 is 4.90 Å². The Morgan fingerprint density at radius 1 is 1.14 bits per heavy atom. The lowest BCUT2D eigenvalue weighted by Gasteiger charge is -2.25. The average Bonchev–Trinajstić information content (AvgIpc) is 3.37. The Morgan fingerprint density at radius 3 is 2.75 bits per heavy atom. The molecule has 2 heterocycles. The van der Waals surface area contributed by atoms with E-state index in [-0.39, 0.29) is 5.91 Å². The van der Waals surface area contributed by atoms with E-state index < -0.39 is 0 Å². The summed E-state index contributed by atoms with van der Waals surface area (Å²) in [5.41, 5.74) is 3.60. The second kappa shape index (κ2) is 8.65. The smallest absolute Gasteiger partial charge is 0.233 e. The summed E-state index contributed by atoms with van der Waals surface area (Å²) >= 11 is 1.52. The van der Waals surface area contributed by atoms with Crippen LogP contribution < -0.4 is 0 Å². The summed E-state index contributed by atoms with van der Waals surface area (Å²) in [6.45, 7) is 2.95. The molecule has 0 bridgehead atoms. The van der Waals surface area contributed by atoms with E-state index in [0.29, 0.717) is 11.8 Å². The number of likely N-dealkylation sites (tertiary alicyclic amines) is 1. The van der Waals surface area contributed by atoms with Crippen molar-refractivity contribution < 1.29 is 4.79 Å². The molecule has 28 heavy (non-hydrogen) atoms. The Morgan fingerprint density at radius 2 is 1.93 bits per heavy atom. The Balaban J connectivity index is 1.41. The topological polar surface area (TPSA) is 38.1 Å². The first-order chi connectivity index (χ1) is 13.7. The summed E-state index contributed by atoms with van der Waals surface area (Å²) in [6, 6.07) is 19.0. The van der Waals surface area contributed by atoms with E-state index in [0.717, 1.165) is 36.7 Å². The normalized spacial score (nSPS) is 16.5. The first-order valence-corrected chi connectivity index (χ1v) is 10.8. The van der Waals surface area contributed by atoms with Gasteiger partial charge in [0.1, 0.15) is 0 Å². The third kappa shape index (κ3) is 4.14. The predicted molar refractivity (Wildman–Crippen MR) is 114 cm³/mol. The van der Waals surface area contributed by atoms with Gasteiger partial charge in [-0.25, -0.2) is 4.98 Å². The van der Waals surface area contributed by atoms with Gasteiger partial charge in [0.15, 0.2) is 5.16 Å². The third-order valence-electron chi connectivity index (χ3n) is 5.32.